The number of rotatable bonds is 10. The third-order valence-corrected chi connectivity index (χ3v) is 4.81. The van der Waals surface area contributed by atoms with Crippen molar-refractivity contribution in [2.45, 2.75) is 0 Å². The lowest BCUT2D eigenvalue weighted by Gasteiger charge is -2.15. The van der Waals surface area contributed by atoms with Crippen LogP contribution in [-0.4, -0.2) is 45.6 Å². The van der Waals surface area contributed by atoms with E-state index in [9.17, 15) is 4.79 Å². The Hall–Kier alpha value is -3.98. The fourth-order valence-electron chi connectivity index (χ4n) is 3.05. The molecule has 3 aromatic rings. The number of methoxy groups -OCH3 is 3. The van der Waals surface area contributed by atoms with Gasteiger partial charge in [0.2, 0.25) is 5.75 Å². The predicted molar refractivity (Wildman–Crippen MR) is 134 cm³/mol. The van der Waals surface area contributed by atoms with Gasteiger partial charge >= 0.3 is 0 Å². The summed E-state index contributed by atoms with van der Waals surface area (Å²) in [6.07, 6.45) is 0. The molecule has 0 aliphatic carbocycles. The first-order chi connectivity index (χ1) is 16.5. The van der Waals surface area contributed by atoms with Gasteiger partial charge in [0.1, 0.15) is 24.7 Å². The Morgan fingerprint density at radius 3 is 2.03 bits per heavy atom. The highest BCUT2D eigenvalue weighted by Gasteiger charge is 2.17. The van der Waals surface area contributed by atoms with Crippen LogP contribution in [0.2, 0.25) is 0 Å². The minimum atomic E-state index is -0.429. The number of para-hydroxylation sites is 1. The average molecular weight is 483 g/mol. The van der Waals surface area contributed by atoms with Crippen molar-refractivity contribution in [3.05, 3.63) is 72.3 Å². The molecule has 2 N–H and O–H groups in total. The van der Waals surface area contributed by atoms with E-state index in [1.165, 1.54) is 21.3 Å². The zero-order valence-electron chi connectivity index (χ0n) is 19.1. The van der Waals surface area contributed by atoms with Crippen LogP contribution in [0.5, 0.6) is 28.7 Å². The maximum Gasteiger partial charge on any atom is 0.257 e. The lowest BCUT2D eigenvalue weighted by atomic mass is 10.1. The van der Waals surface area contributed by atoms with Gasteiger partial charge in [0.15, 0.2) is 16.6 Å². The van der Waals surface area contributed by atoms with Crippen LogP contribution in [0, 0.1) is 0 Å². The SMILES string of the molecule is COc1cc(C(=O)NC(=S)Nc2cccc(OCCOc3ccccc3)c2)cc(OC)c1OC. The number of hydrogen-bond donors (Lipinski definition) is 2. The molecule has 0 saturated heterocycles. The first-order valence-electron chi connectivity index (χ1n) is 10.4. The molecule has 0 aromatic heterocycles. The molecule has 0 fully saturated rings. The van der Waals surface area contributed by atoms with Gasteiger partial charge in [0, 0.05) is 17.3 Å². The Bertz CT molecular complexity index is 1100. The second-order valence-corrected chi connectivity index (χ2v) is 7.27. The van der Waals surface area contributed by atoms with Crippen LogP contribution in [0.3, 0.4) is 0 Å². The Labute approximate surface area is 203 Å². The van der Waals surface area contributed by atoms with Crippen LogP contribution in [-0.2, 0) is 0 Å². The number of carbonyl (C=O) groups is 1. The largest absolute Gasteiger partial charge is 0.493 e. The Morgan fingerprint density at radius 1 is 0.794 bits per heavy atom. The monoisotopic (exact) mass is 482 g/mol. The number of hydrogen-bond acceptors (Lipinski definition) is 7. The molecule has 0 heterocycles. The molecule has 9 heteroatoms. The van der Waals surface area contributed by atoms with Crippen LogP contribution < -0.4 is 34.3 Å². The van der Waals surface area contributed by atoms with Crippen molar-refractivity contribution in [3.63, 3.8) is 0 Å². The molecular formula is C25H26N2O6S. The van der Waals surface area contributed by atoms with Gasteiger partial charge in [-0.3, -0.25) is 10.1 Å². The molecule has 0 aliphatic heterocycles. The average Bonchev–Trinajstić information content (AvgIpc) is 2.86. The molecule has 8 nitrogen and oxygen atoms in total. The van der Waals surface area contributed by atoms with Gasteiger partial charge < -0.3 is 29.0 Å². The highest BCUT2D eigenvalue weighted by Crippen LogP contribution is 2.38. The van der Waals surface area contributed by atoms with Gasteiger partial charge in [0.05, 0.1) is 21.3 Å². The lowest BCUT2D eigenvalue weighted by Crippen LogP contribution is -2.34. The second-order valence-electron chi connectivity index (χ2n) is 6.86. The summed E-state index contributed by atoms with van der Waals surface area (Å²) in [5, 5.41) is 5.75. The highest BCUT2D eigenvalue weighted by molar-refractivity contribution is 7.80. The van der Waals surface area contributed by atoms with Crippen LogP contribution in [0.4, 0.5) is 5.69 Å². The van der Waals surface area contributed by atoms with Gasteiger partial charge in [-0.15, -0.1) is 0 Å². The molecule has 0 atom stereocenters. The standard InChI is InChI=1S/C25H26N2O6S/c1-29-21-14-17(15-22(30-2)23(21)31-3)24(28)27-25(34)26-18-8-7-11-20(16-18)33-13-12-32-19-9-5-4-6-10-19/h4-11,14-16H,12-13H2,1-3H3,(H2,26,27,28,34). The number of carbonyl (C=O) groups excluding carboxylic acids is 1. The number of benzene rings is 3. The molecule has 3 rings (SSSR count). The number of ether oxygens (including phenoxy) is 5. The summed E-state index contributed by atoms with van der Waals surface area (Å²) < 4.78 is 27.2. The van der Waals surface area contributed by atoms with Crippen LogP contribution in [0.1, 0.15) is 10.4 Å². The van der Waals surface area contributed by atoms with Crippen LogP contribution in [0.25, 0.3) is 0 Å². The summed E-state index contributed by atoms with van der Waals surface area (Å²) in [4.78, 5) is 12.7. The summed E-state index contributed by atoms with van der Waals surface area (Å²) in [5.74, 6) is 2.13. The Morgan fingerprint density at radius 2 is 1.41 bits per heavy atom. The van der Waals surface area contributed by atoms with Crippen molar-refractivity contribution < 1.29 is 28.5 Å². The molecule has 0 radical (unpaired) electrons. The molecule has 0 unspecified atom stereocenters. The fraction of sp³-hybridized carbons (Fsp3) is 0.200. The smallest absolute Gasteiger partial charge is 0.257 e. The van der Waals surface area contributed by atoms with E-state index < -0.39 is 5.91 Å². The van der Waals surface area contributed by atoms with Crippen LogP contribution in [0.15, 0.2) is 66.7 Å². The van der Waals surface area contributed by atoms with Crippen molar-refractivity contribution in [1.29, 1.82) is 0 Å². The summed E-state index contributed by atoms with van der Waals surface area (Å²) in [6.45, 7) is 0.783. The van der Waals surface area contributed by atoms with Crippen molar-refractivity contribution in [2.24, 2.45) is 0 Å². The molecule has 0 bridgehead atoms. The third-order valence-electron chi connectivity index (χ3n) is 4.61. The Balaban J connectivity index is 1.55. The number of thiocarbonyl (C=S) groups is 1. The van der Waals surface area contributed by atoms with Crippen molar-refractivity contribution in [1.82, 2.24) is 5.32 Å². The maximum atomic E-state index is 12.7. The first-order valence-corrected chi connectivity index (χ1v) is 10.8. The van der Waals surface area contributed by atoms with E-state index in [-0.39, 0.29) is 5.11 Å². The van der Waals surface area contributed by atoms with E-state index >= 15 is 0 Å². The number of anilines is 1. The third kappa shape index (κ3) is 6.76. The summed E-state index contributed by atoms with van der Waals surface area (Å²) in [6, 6.07) is 19.9. The molecular weight excluding hydrogens is 456 g/mol. The van der Waals surface area contributed by atoms with E-state index in [0.29, 0.717) is 47.5 Å². The zero-order valence-corrected chi connectivity index (χ0v) is 19.9. The van der Waals surface area contributed by atoms with Gasteiger partial charge in [-0.2, -0.15) is 0 Å². The predicted octanol–water partition coefficient (Wildman–Crippen LogP) is 4.30. The van der Waals surface area contributed by atoms with Gasteiger partial charge in [-0.25, -0.2) is 0 Å². The van der Waals surface area contributed by atoms with E-state index in [4.69, 9.17) is 35.9 Å². The Kier molecular flexibility index (Phi) is 8.93. The topological polar surface area (TPSA) is 87.3 Å². The molecule has 0 saturated carbocycles. The van der Waals surface area contributed by atoms with Crippen molar-refractivity contribution in [3.8, 4) is 28.7 Å². The zero-order chi connectivity index (χ0) is 24.3. The maximum absolute atomic E-state index is 12.7. The molecule has 34 heavy (non-hydrogen) atoms. The van der Waals surface area contributed by atoms with E-state index in [1.807, 2.05) is 48.5 Å². The van der Waals surface area contributed by atoms with E-state index in [0.717, 1.165) is 5.75 Å². The van der Waals surface area contributed by atoms with E-state index in [1.54, 1.807) is 18.2 Å². The normalized spacial score (nSPS) is 10.1. The molecule has 1 amide bonds. The quantitative estimate of drug-likeness (QED) is 0.327. The molecule has 178 valence electrons. The van der Waals surface area contributed by atoms with Gasteiger partial charge in [-0.1, -0.05) is 24.3 Å². The first kappa shape index (κ1) is 24.7. The van der Waals surface area contributed by atoms with Crippen molar-refractivity contribution >= 4 is 28.9 Å². The lowest BCUT2D eigenvalue weighted by molar-refractivity contribution is 0.0977. The van der Waals surface area contributed by atoms with Crippen LogP contribution >= 0.6 is 12.2 Å². The molecule has 0 spiro atoms. The van der Waals surface area contributed by atoms with Crippen molar-refractivity contribution in [2.75, 3.05) is 39.9 Å². The number of nitrogens with one attached hydrogen (secondary N) is 2. The summed E-state index contributed by atoms with van der Waals surface area (Å²) >= 11 is 5.30. The van der Waals surface area contributed by atoms with Gasteiger partial charge in [-0.05, 0) is 48.6 Å². The minimum absolute atomic E-state index is 0.128. The molecule has 0 aliphatic rings. The summed E-state index contributed by atoms with van der Waals surface area (Å²) in [5.41, 5.74) is 0.964. The molecule has 3 aromatic carbocycles. The summed E-state index contributed by atoms with van der Waals surface area (Å²) in [7, 11) is 4.45. The highest BCUT2D eigenvalue weighted by atomic mass is 32.1. The fourth-order valence-corrected chi connectivity index (χ4v) is 3.26. The minimum Gasteiger partial charge on any atom is -0.493 e. The number of amides is 1. The second kappa shape index (κ2) is 12.3. The van der Waals surface area contributed by atoms with E-state index in [2.05, 4.69) is 10.6 Å². The van der Waals surface area contributed by atoms with Gasteiger partial charge in [0.25, 0.3) is 5.91 Å².